The highest BCUT2D eigenvalue weighted by atomic mass is 19.1. The van der Waals surface area contributed by atoms with Gasteiger partial charge >= 0.3 is 11.7 Å². The Balaban J connectivity index is 2.45. The number of carboxylic acid groups (broad SMARTS) is 1. The first kappa shape index (κ1) is 13.1. The Bertz CT molecular complexity index is 924. The van der Waals surface area contributed by atoms with Crippen LogP contribution >= 0.6 is 0 Å². The van der Waals surface area contributed by atoms with Gasteiger partial charge in [0, 0.05) is 0 Å². The molecule has 1 aromatic heterocycles. The van der Waals surface area contributed by atoms with Gasteiger partial charge in [-0.1, -0.05) is 12.1 Å². The van der Waals surface area contributed by atoms with E-state index >= 15 is 0 Å². The van der Waals surface area contributed by atoms with Crippen molar-refractivity contribution in [2.45, 2.75) is 6.92 Å². The van der Waals surface area contributed by atoms with Crippen molar-refractivity contribution < 1.29 is 14.3 Å². The van der Waals surface area contributed by atoms with E-state index in [1.54, 1.807) is 19.1 Å². The summed E-state index contributed by atoms with van der Waals surface area (Å²) >= 11 is 0. The molecule has 0 spiro atoms. The molecule has 2 N–H and O–H groups in total. The monoisotopic (exact) mass is 286 g/mol. The van der Waals surface area contributed by atoms with Gasteiger partial charge in [0.2, 0.25) is 0 Å². The number of fused-ring (bicyclic) bond motifs is 1. The van der Waals surface area contributed by atoms with Crippen molar-refractivity contribution in [1.82, 2.24) is 9.55 Å². The Morgan fingerprint density at radius 1 is 1.29 bits per heavy atom. The molecule has 0 amide bonds. The Hall–Kier alpha value is -2.89. The highest BCUT2D eigenvalue weighted by molar-refractivity contribution is 6.01. The number of carboxylic acids is 1. The summed E-state index contributed by atoms with van der Waals surface area (Å²) in [7, 11) is 0. The van der Waals surface area contributed by atoms with E-state index in [1.807, 2.05) is 0 Å². The predicted molar refractivity (Wildman–Crippen MR) is 75.5 cm³/mol. The zero-order chi connectivity index (χ0) is 15.1. The average Bonchev–Trinajstić information content (AvgIpc) is 2.74. The van der Waals surface area contributed by atoms with Crippen molar-refractivity contribution in [3.8, 4) is 5.69 Å². The molecule has 5 nitrogen and oxygen atoms in total. The molecular formula is C15H11FN2O3. The predicted octanol–water partition coefficient (Wildman–Crippen LogP) is 2.46. The lowest BCUT2D eigenvalue weighted by molar-refractivity contribution is 0.0698. The highest BCUT2D eigenvalue weighted by Gasteiger charge is 2.18. The molecular weight excluding hydrogens is 275 g/mol. The van der Waals surface area contributed by atoms with Crippen LogP contribution in [0.3, 0.4) is 0 Å². The molecule has 0 saturated heterocycles. The number of hydrogen-bond acceptors (Lipinski definition) is 2. The average molecular weight is 286 g/mol. The van der Waals surface area contributed by atoms with Crippen LogP contribution in [-0.2, 0) is 0 Å². The van der Waals surface area contributed by atoms with Gasteiger partial charge in [-0.05, 0) is 36.8 Å². The van der Waals surface area contributed by atoms with Crippen molar-refractivity contribution in [3.63, 3.8) is 0 Å². The number of rotatable bonds is 2. The van der Waals surface area contributed by atoms with Gasteiger partial charge in [-0.15, -0.1) is 0 Å². The zero-order valence-electron chi connectivity index (χ0n) is 11.1. The Morgan fingerprint density at radius 2 is 2.05 bits per heavy atom. The number of halogens is 1. The molecule has 0 unspecified atom stereocenters. The Kier molecular flexibility index (Phi) is 2.86. The number of benzene rings is 2. The molecule has 0 aliphatic rings. The van der Waals surface area contributed by atoms with E-state index in [2.05, 4.69) is 4.98 Å². The van der Waals surface area contributed by atoms with Crippen LogP contribution < -0.4 is 5.69 Å². The van der Waals surface area contributed by atoms with Crippen LogP contribution in [0.4, 0.5) is 4.39 Å². The number of aryl methyl sites for hydroxylation is 1. The maximum atomic E-state index is 14.1. The zero-order valence-corrected chi connectivity index (χ0v) is 11.1. The molecule has 1 heterocycles. The third-order valence-electron chi connectivity index (χ3n) is 3.28. The number of aromatic nitrogens is 2. The topological polar surface area (TPSA) is 75.1 Å². The maximum absolute atomic E-state index is 14.1. The second-order valence-electron chi connectivity index (χ2n) is 4.73. The first-order valence-electron chi connectivity index (χ1n) is 6.22. The van der Waals surface area contributed by atoms with E-state index in [0.717, 1.165) is 4.57 Å². The number of para-hydroxylation sites is 1. The minimum Gasteiger partial charge on any atom is -0.478 e. The van der Waals surface area contributed by atoms with Crippen LogP contribution in [0.5, 0.6) is 0 Å². The summed E-state index contributed by atoms with van der Waals surface area (Å²) in [5.41, 5.74) is 0.582. The molecule has 0 fully saturated rings. The third-order valence-corrected chi connectivity index (χ3v) is 3.28. The fraction of sp³-hybridized carbons (Fsp3) is 0.0667. The van der Waals surface area contributed by atoms with Crippen LogP contribution in [0.25, 0.3) is 16.7 Å². The van der Waals surface area contributed by atoms with Gasteiger partial charge in [0.15, 0.2) is 0 Å². The number of aromatic amines is 1. The van der Waals surface area contributed by atoms with E-state index < -0.39 is 17.5 Å². The number of aromatic carboxylic acids is 1. The SMILES string of the molecule is Cc1ccc(-n2c(=O)[nH]c3cccc(C(=O)O)c32)c(F)c1. The summed E-state index contributed by atoms with van der Waals surface area (Å²) in [4.78, 5) is 26.0. The summed E-state index contributed by atoms with van der Waals surface area (Å²) in [6.07, 6.45) is 0. The molecule has 2 aromatic carbocycles. The second kappa shape index (κ2) is 4.59. The first-order valence-corrected chi connectivity index (χ1v) is 6.22. The summed E-state index contributed by atoms with van der Waals surface area (Å²) in [6, 6.07) is 8.89. The molecule has 0 saturated carbocycles. The van der Waals surface area contributed by atoms with E-state index in [0.29, 0.717) is 11.1 Å². The number of hydrogen-bond donors (Lipinski definition) is 2. The van der Waals surface area contributed by atoms with Crippen LogP contribution in [0.1, 0.15) is 15.9 Å². The smallest absolute Gasteiger partial charge is 0.337 e. The van der Waals surface area contributed by atoms with Crippen LogP contribution in [0.2, 0.25) is 0 Å². The summed E-state index contributed by atoms with van der Waals surface area (Å²) in [5.74, 6) is -1.76. The fourth-order valence-corrected chi connectivity index (χ4v) is 2.35. The standard InChI is InChI=1S/C15H11FN2O3/c1-8-5-6-12(10(16)7-8)18-13-9(14(19)20)3-2-4-11(13)17-15(18)21/h2-7H,1H3,(H,17,21)(H,19,20). The molecule has 0 atom stereocenters. The summed E-state index contributed by atoms with van der Waals surface area (Å²) < 4.78 is 15.2. The fourth-order valence-electron chi connectivity index (χ4n) is 2.35. The molecule has 6 heteroatoms. The quantitative estimate of drug-likeness (QED) is 0.760. The molecule has 0 aliphatic carbocycles. The largest absolute Gasteiger partial charge is 0.478 e. The molecule has 0 bridgehead atoms. The highest BCUT2D eigenvalue weighted by Crippen LogP contribution is 2.22. The molecule has 106 valence electrons. The van der Waals surface area contributed by atoms with E-state index in [1.165, 1.54) is 24.3 Å². The van der Waals surface area contributed by atoms with E-state index in [4.69, 9.17) is 0 Å². The summed E-state index contributed by atoms with van der Waals surface area (Å²) in [5, 5.41) is 9.25. The second-order valence-corrected chi connectivity index (χ2v) is 4.73. The van der Waals surface area contributed by atoms with E-state index in [9.17, 15) is 19.1 Å². The number of H-pyrrole nitrogens is 1. The number of nitrogens with zero attached hydrogens (tertiary/aromatic N) is 1. The van der Waals surface area contributed by atoms with Crippen molar-refractivity contribution in [2.75, 3.05) is 0 Å². The molecule has 0 aliphatic heterocycles. The third kappa shape index (κ3) is 2.01. The Morgan fingerprint density at radius 3 is 2.71 bits per heavy atom. The van der Waals surface area contributed by atoms with Gasteiger partial charge in [0.1, 0.15) is 5.82 Å². The van der Waals surface area contributed by atoms with Gasteiger partial charge in [-0.3, -0.25) is 4.57 Å². The van der Waals surface area contributed by atoms with Crippen LogP contribution in [-0.4, -0.2) is 20.6 Å². The van der Waals surface area contributed by atoms with Crippen molar-refractivity contribution in [1.29, 1.82) is 0 Å². The lowest BCUT2D eigenvalue weighted by atomic mass is 10.1. The molecule has 21 heavy (non-hydrogen) atoms. The molecule has 3 aromatic rings. The van der Waals surface area contributed by atoms with Gasteiger partial charge < -0.3 is 10.1 Å². The van der Waals surface area contributed by atoms with Crippen LogP contribution in [0, 0.1) is 12.7 Å². The minimum absolute atomic E-state index is 0.0190. The van der Waals surface area contributed by atoms with Crippen molar-refractivity contribution >= 4 is 17.0 Å². The molecule has 3 rings (SSSR count). The summed E-state index contributed by atoms with van der Waals surface area (Å²) in [6.45, 7) is 1.73. The number of nitrogens with one attached hydrogen (secondary N) is 1. The number of imidazole rings is 1. The number of carbonyl (C=O) groups is 1. The van der Waals surface area contributed by atoms with Gasteiger partial charge in [0.25, 0.3) is 0 Å². The molecule has 0 radical (unpaired) electrons. The van der Waals surface area contributed by atoms with Crippen molar-refractivity contribution in [2.24, 2.45) is 0 Å². The lowest BCUT2D eigenvalue weighted by Crippen LogP contribution is -2.17. The van der Waals surface area contributed by atoms with Crippen LogP contribution in [0.15, 0.2) is 41.2 Å². The first-order chi connectivity index (χ1) is 9.99. The minimum atomic E-state index is -1.18. The van der Waals surface area contributed by atoms with E-state index in [-0.39, 0.29) is 16.8 Å². The maximum Gasteiger partial charge on any atom is 0.337 e. The van der Waals surface area contributed by atoms with Crippen molar-refractivity contribution in [3.05, 3.63) is 63.8 Å². The van der Waals surface area contributed by atoms with Gasteiger partial charge in [-0.2, -0.15) is 0 Å². The lowest BCUT2D eigenvalue weighted by Gasteiger charge is -2.07. The Labute approximate surface area is 118 Å². The normalized spacial score (nSPS) is 11.0. The van der Waals surface area contributed by atoms with Gasteiger partial charge in [-0.25, -0.2) is 14.0 Å². The van der Waals surface area contributed by atoms with Gasteiger partial charge in [0.05, 0.1) is 22.3 Å².